The minimum absolute atomic E-state index is 0.00482. The van der Waals surface area contributed by atoms with Gasteiger partial charge in [0.1, 0.15) is 18.5 Å². The topological polar surface area (TPSA) is 100 Å². The number of ether oxygens (including phenoxy) is 2. The van der Waals surface area contributed by atoms with Crippen molar-refractivity contribution in [3.05, 3.63) is 82.0 Å². The smallest absolute Gasteiger partial charge is 0.257 e. The van der Waals surface area contributed by atoms with Crippen molar-refractivity contribution in [3.8, 4) is 5.75 Å². The van der Waals surface area contributed by atoms with Gasteiger partial charge in [0.25, 0.3) is 5.91 Å². The summed E-state index contributed by atoms with van der Waals surface area (Å²) in [4.78, 5) is 44.1. The van der Waals surface area contributed by atoms with Gasteiger partial charge in [-0.05, 0) is 54.5 Å². The van der Waals surface area contributed by atoms with Crippen molar-refractivity contribution in [1.29, 1.82) is 0 Å². The van der Waals surface area contributed by atoms with Crippen LogP contribution in [0.25, 0.3) is 0 Å². The van der Waals surface area contributed by atoms with Crippen LogP contribution in [0.1, 0.15) is 46.5 Å². The summed E-state index contributed by atoms with van der Waals surface area (Å²) in [7, 11) is 1.79. The van der Waals surface area contributed by atoms with Gasteiger partial charge >= 0.3 is 0 Å². The van der Waals surface area contributed by atoms with E-state index in [0.29, 0.717) is 29.8 Å². The Morgan fingerprint density at radius 2 is 1.88 bits per heavy atom. The molecule has 2 fully saturated rings. The van der Waals surface area contributed by atoms with Crippen molar-refractivity contribution >= 4 is 34.7 Å². The molecule has 2 aromatic carbocycles. The molecule has 1 aromatic heterocycles. The maximum absolute atomic E-state index is 13.5. The van der Waals surface area contributed by atoms with Crippen LogP contribution in [0.4, 0.5) is 5.69 Å². The molecule has 3 amide bonds. The van der Waals surface area contributed by atoms with Crippen molar-refractivity contribution < 1.29 is 23.9 Å². The molecule has 4 heterocycles. The zero-order valence-corrected chi connectivity index (χ0v) is 25.2. The molecule has 10 heteroatoms. The first-order chi connectivity index (χ1) is 20.9. The molecule has 3 aromatic rings. The van der Waals surface area contributed by atoms with Crippen LogP contribution in [0.5, 0.6) is 5.75 Å². The summed E-state index contributed by atoms with van der Waals surface area (Å²) in [6.07, 6.45) is 2.35. The molecule has 0 radical (unpaired) electrons. The Morgan fingerprint density at radius 1 is 1.02 bits per heavy atom. The Labute approximate surface area is 256 Å². The average Bonchev–Trinajstić information content (AvgIpc) is 3.67. The van der Waals surface area contributed by atoms with E-state index in [1.807, 2.05) is 23.6 Å². The van der Waals surface area contributed by atoms with Gasteiger partial charge in [0.05, 0.1) is 30.6 Å². The third kappa shape index (κ3) is 7.26. The molecule has 6 rings (SSSR count). The second kappa shape index (κ2) is 13.3. The van der Waals surface area contributed by atoms with Gasteiger partial charge in [-0.25, -0.2) is 0 Å². The van der Waals surface area contributed by atoms with Crippen LogP contribution >= 0.6 is 11.3 Å². The van der Waals surface area contributed by atoms with E-state index >= 15 is 0 Å². The first kappa shape index (κ1) is 29.3. The van der Waals surface area contributed by atoms with Gasteiger partial charge in [0.2, 0.25) is 11.8 Å². The van der Waals surface area contributed by atoms with E-state index in [1.54, 1.807) is 30.1 Å². The second-order valence-electron chi connectivity index (χ2n) is 11.7. The molecular weight excluding hydrogens is 564 g/mol. The zero-order valence-electron chi connectivity index (χ0n) is 24.4. The summed E-state index contributed by atoms with van der Waals surface area (Å²) in [5, 5.41) is 8.05. The summed E-state index contributed by atoms with van der Waals surface area (Å²) < 4.78 is 12.5. The molecule has 43 heavy (non-hydrogen) atoms. The summed E-state index contributed by atoms with van der Waals surface area (Å²) in [6.45, 7) is 2.97. The number of amides is 3. The molecular formula is C33H38N4O5S. The van der Waals surface area contributed by atoms with Crippen LogP contribution in [0.2, 0.25) is 0 Å². The number of anilines is 1. The number of likely N-dealkylation sites (N-methyl/N-ethyl adjacent to an activating group) is 1. The Bertz CT molecular complexity index is 1430. The van der Waals surface area contributed by atoms with Gasteiger partial charge in [0, 0.05) is 43.3 Å². The SMILES string of the molecule is CN1C(=O)c2cc(NC(=O)Cc3cccs3)ccc2OC[C@@H]2O[C@@H](CC(=O)N[C@@H]3CCN(Cc4ccccc4)C3)CC[C@@H]21. The average molecular weight is 603 g/mol. The number of fused-ring (bicyclic) bond motifs is 2. The Hall–Kier alpha value is -3.73. The largest absolute Gasteiger partial charge is 0.490 e. The fourth-order valence-corrected chi connectivity index (χ4v) is 7.01. The predicted octanol–water partition coefficient (Wildman–Crippen LogP) is 4.09. The van der Waals surface area contributed by atoms with Crippen LogP contribution in [-0.2, 0) is 27.3 Å². The molecule has 4 atom stereocenters. The van der Waals surface area contributed by atoms with Gasteiger partial charge in [-0.1, -0.05) is 36.4 Å². The van der Waals surface area contributed by atoms with Crippen LogP contribution in [-0.4, -0.2) is 78.6 Å². The lowest BCUT2D eigenvalue weighted by Gasteiger charge is -2.42. The van der Waals surface area contributed by atoms with Gasteiger partial charge in [-0.3, -0.25) is 19.3 Å². The molecule has 2 N–H and O–H groups in total. The maximum atomic E-state index is 13.5. The highest BCUT2D eigenvalue weighted by molar-refractivity contribution is 7.10. The van der Waals surface area contributed by atoms with Crippen LogP contribution < -0.4 is 15.4 Å². The Balaban J connectivity index is 1.02. The number of nitrogens with one attached hydrogen (secondary N) is 2. The molecule has 0 unspecified atom stereocenters. The fourth-order valence-electron chi connectivity index (χ4n) is 6.31. The maximum Gasteiger partial charge on any atom is 0.257 e. The zero-order chi connectivity index (χ0) is 29.8. The van der Waals surface area contributed by atoms with Crippen LogP contribution in [0.15, 0.2) is 66.0 Å². The lowest BCUT2D eigenvalue weighted by molar-refractivity contribution is -0.134. The Morgan fingerprint density at radius 3 is 2.70 bits per heavy atom. The van der Waals surface area contributed by atoms with Crippen molar-refractivity contribution in [1.82, 2.24) is 15.1 Å². The predicted molar refractivity (Wildman–Crippen MR) is 165 cm³/mol. The number of rotatable bonds is 8. The summed E-state index contributed by atoms with van der Waals surface area (Å²) in [5.41, 5.74) is 2.25. The van der Waals surface area contributed by atoms with Crippen molar-refractivity contribution in [2.75, 3.05) is 32.1 Å². The molecule has 0 spiro atoms. The van der Waals surface area contributed by atoms with E-state index in [-0.39, 0.29) is 55.0 Å². The van der Waals surface area contributed by atoms with Gasteiger partial charge in [-0.2, -0.15) is 0 Å². The molecule has 9 nitrogen and oxygen atoms in total. The number of hydrogen-bond acceptors (Lipinski definition) is 7. The van der Waals surface area contributed by atoms with E-state index in [9.17, 15) is 14.4 Å². The van der Waals surface area contributed by atoms with Crippen molar-refractivity contribution in [2.45, 2.75) is 62.9 Å². The third-order valence-electron chi connectivity index (χ3n) is 8.51. The number of hydrogen-bond donors (Lipinski definition) is 2. The van der Waals surface area contributed by atoms with Crippen molar-refractivity contribution in [2.24, 2.45) is 0 Å². The van der Waals surface area contributed by atoms with E-state index in [4.69, 9.17) is 9.47 Å². The lowest BCUT2D eigenvalue weighted by atomic mass is 9.94. The van der Waals surface area contributed by atoms with Gasteiger partial charge < -0.3 is 25.0 Å². The van der Waals surface area contributed by atoms with Crippen LogP contribution in [0.3, 0.4) is 0 Å². The van der Waals surface area contributed by atoms with E-state index < -0.39 is 0 Å². The second-order valence-corrected chi connectivity index (χ2v) is 12.7. The molecule has 226 valence electrons. The first-order valence-corrected chi connectivity index (χ1v) is 15.9. The number of likely N-dealkylation sites (tertiary alicyclic amines) is 1. The first-order valence-electron chi connectivity index (χ1n) is 15.0. The summed E-state index contributed by atoms with van der Waals surface area (Å²) in [6, 6.07) is 19.4. The summed E-state index contributed by atoms with van der Waals surface area (Å²) in [5.74, 6) is 0.143. The summed E-state index contributed by atoms with van der Waals surface area (Å²) >= 11 is 1.53. The van der Waals surface area contributed by atoms with E-state index in [0.717, 1.165) is 37.4 Å². The fraction of sp³-hybridized carbons (Fsp3) is 0.424. The highest BCUT2D eigenvalue weighted by Crippen LogP contribution is 2.32. The minimum atomic E-state index is -0.341. The molecule has 2 saturated heterocycles. The third-order valence-corrected chi connectivity index (χ3v) is 9.39. The van der Waals surface area contributed by atoms with Gasteiger partial charge in [0.15, 0.2) is 0 Å². The monoisotopic (exact) mass is 602 g/mol. The number of thiophene rings is 1. The number of carbonyl (C=O) groups excluding carboxylic acids is 3. The van der Waals surface area contributed by atoms with Gasteiger partial charge in [-0.15, -0.1) is 11.3 Å². The van der Waals surface area contributed by atoms with E-state index in [1.165, 1.54) is 16.9 Å². The molecule has 3 aliphatic rings. The van der Waals surface area contributed by atoms with Crippen LogP contribution in [0, 0.1) is 0 Å². The lowest BCUT2D eigenvalue weighted by Crippen LogP contribution is -2.54. The molecule has 3 aliphatic heterocycles. The normalized spacial score (nSPS) is 23.8. The quantitative estimate of drug-likeness (QED) is 0.403. The molecule has 0 aliphatic carbocycles. The molecule has 0 saturated carbocycles. The minimum Gasteiger partial charge on any atom is -0.490 e. The Kier molecular flexibility index (Phi) is 9.06. The molecule has 0 bridgehead atoms. The standard InChI is InChI=1S/C33H38N4O5S/c1-36-28-11-10-25(17-31(38)35-24-13-14-37(20-24)19-22-6-3-2-4-7-22)42-30(28)21-41-29-12-9-23(16-27(29)33(36)40)34-32(39)18-26-8-5-15-43-26/h2-9,12,15-16,24-25,28,30H,10-11,13-14,17-21H2,1H3,(H,34,39)(H,35,38)/t24-,25-,28+,30+/m1/s1. The number of carbonyl (C=O) groups is 3. The number of benzene rings is 2. The van der Waals surface area contributed by atoms with E-state index in [2.05, 4.69) is 39.8 Å². The highest BCUT2D eigenvalue weighted by Gasteiger charge is 2.39. The highest BCUT2D eigenvalue weighted by atomic mass is 32.1. The van der Waals surface area contributed by atoms with Crippen molar-refractivity contribution in [3.63, 3.8) is 0 Å². The number of nitrogens with zero attached hydrogens (tertiary/aromatic N) is 2.